The van der Waals surface area contributed by atoms with Crippen molar-refractivity contribution in [2.45, 2.75) is 11.3 Å². The van der Waals surface area contributed by atoms with Crippen LogP contribution in [0.25, 0.3) is 0 Å². The summed E-state index contributed by atoms with van der Waals surface area (Å²) in [5, 5.41) is 0. The number of carbonyl (C=O) groups is 1. The molecule has 0 aromatic heterocycles. The number of rotatable bonds is 4. The van der Waals surface area contributed by atoms with Gasteiger partial charge in [0.2, 0.25) is 0 Å². The van der Waals surface area contributed by atoms with E-state index in [4.69, 9.17) is 5.73 Å². The highest BCUT2D eigenvalue weighted by Gasteiger charge is 2.16. The van der Waals surface area contributed by atoms with E-state index in [2.05, 4.69) is 0 Å². The van der Waals surface area contributed by atoms with Gasteiger partial charge in [-0.05, 0) is 24.9 Å². The Labute approximate surface area is 90.8 Å². The van der Waals surface area contributed by atoms with E-state index in [-0.39, 0.29) is 23.4 Å². The molecule has 0 saturated carbocycles. The topological polar surface area (TPSA) is 43.1 Å². The Balaban J connectivity index is 3.17. The number of carbonyl (C=O) groups excluding carboxylic acids is 1. The second-order valence-electron chi connectivity index (χ2n) is 2.93. The molecule has 15 heavy (non-hydrogen) atoms. The molecule has 0 amide bonds. The summed E-state index contributed by atoms with van der Waals surface area (Å²) >= 11 is 1.06. The Morgan fingerprint density at radius 1 is 1.47 bits per heavy atom. The molecule has 1 rings (SSSR count). The van der Waals surface area contributed by atoms with Crippen LogP contribution >= 0.6 is 11.8 Å². The van der Waals surface area contributed by atoms with E-state index >= 15 is 0 Å². The fourth-order valence-corrected chi connectivity index (χ4v) is 1.70. The lowest BCUT2D eigenvalue weighted by molar-refractivity contribution is 0.0980. The molecule has 82 valence electrons. The van der Waals surface area contributed by atoms with E-state index in [1.807, 2.05) is 0 Å². The normalized spacial score (nSPS) is 10.4. The van der Waals surface area contributed by atoms with Crippen LogP contribution in [0.1, 0.15) is 16.8 Å². The van der Waals surface area contributed by atoms with E-state index in [1.54, 1.807) is 6.26 Å². The first-order valence-electron chi connectivity index (χ1n) is 4.36. The van der Waals surface area contributed by atoms with Crippen LogP contribution in [0.4, 0.5) is 8.78 Å². The first kappa shape index (κ1) is 12.1. The lowest BCUT2D eigenvalue weighted by Gasteiger charge is -2.05. The maximum absolute atomic E-state index is 13.6. The van der Waals surface area contributed by atoms with Crippen LogP contribution in [0.15, 0.2) is 17.0 Å². The minimum atomic E-state index is -0.664. The van der Waals surface area contributed by atoms with Crippen molar-refractivity contribution in [2.75, 3.05) is 12.8 Å². The van der Waals surface area contributed by atoms with Crippen molar-refractivity contribution in [1.29, 1.82) is 0 Å². The fourth-order valence-electron chi connectivity index (χ4n) is 1.18. The summed E-state index contributed by atoms with van der Waals surface area (Å²) in [7, 11) is 0. The zero-order valence-corrected chi connectivity index (χ0v) is 9.04. The molecule has 0 unspecified atom stereocenters. The predicted octanol–water partition coefficient (Wildman–Crippen LogP) is 2.22. The Hall–Kier alpha value is -0.940. The van der Waals surface area contributed by atoms with Gasteiger partial charge < -0.3 is 5.73 Å². The molecule has 1 aromatic carbocycles. The number of halogens is 2. The SMILES string of the molecule is CSc1cc(F)cc(C(=O)CCN)c1F. The van der Waals surface area contributed by atoms with Crippen LogP contribution in [0.2, 0.25) is 0 Å². The Morgan fingerprint density at radius 3 is 2.67 bits per heavy atom. The fraction of sp³-hybridized carbons (Fsp3) is 0.300. The van der Waals surface area contributed by atoms with E-state index in [1.165, 1.54) is 0 Å². The van der Waals surface area contributed by atoms with Crippen molar-refractivity contribution in [2.24, 2.45) is 5.73 Å². The lowest BCUT2D eigenvalue weighted by Crippen LogP contribution is -2.10. The summed E-state index contributed by atoms with van der Waals surface area (Å²) in [4.78, 5) is 11.5. The molecule has 0 aliphatic carbocycles. The van der Waals surface area contributed by atoms with Gasteiger partial charge in [0.05, 0.1) is 5.56 Å². The summed E-state index contributed by atoms with van der Waals surface area (Å²) in [6.07, 6.45) is 1.64. The van der Waals surface area contributed by atoms with Gasteiger partial charge in [0.1, 0.15) is 11.6 Å². The van der Waals surface area contributed by atoms with Crippen molar-refractivity contribution in [3.8, 4) is 0 Å². The standard InChI is InChI=1S/C10H11F2NOS/c1-15-9-5-6(11)4-7(10(9)12)8(14)2-3-13/h4-5H,2-3,13H2,1H3. The van der Waals surface area contributed by atoms with Crippen LogP contribution in [-0.4, -0.2) is 18.6 Å². The van der Waals surface area contributed by atoms with Crippen molar-refractivity contribution >= 4 is 17.5 Å². The minimum Gasteiger partial charge on any atom is -0.330 e. The second-order valence-corrected chi connectivity index (χ2v) is 3.78. The first-order valence-corrected chi connectivity index (χ1v) is 5.59. The Kier molecular flexibility index (Phi) is 4.23. The molecule has 0 bridgehead atoms. The minimum absolute atomic E-state index is 0.0220. The third-order valence-corrected chi connectivity index (χ3v) is 2.63. The Bertz CT molecular complexity index is 382. The lowest BCUT2D eigenvalue weighted by atomic mass is 10.1. The molecule has 0 aliphatic rings. The van der Waals surface area contributed by atoms with Gasteiger partial charge in [-0.15, -0.1) is 11.8 Å². The van der Waals surface area contributed by atoms with Crippen molar-refractivity contribution in [3.63, 3.8) is 0 Å². The summed E-state index contributed by atoms with van der Waals surface area (Å²) in [5.74, 6) is -1.74. The molecule has 0 atom stereocenters. The molecule has 0 fully saturated rings. The number of Topliss-reactive ketones (excluding diaryl/α,β-unsaturated/α-hetero) is 1. The zero-order chi connectivity index (χ0) is 11.4. The number of thioether (sulfide) groups is 1. The quantitative estimate of drug-likeness (QED) is 0.638. The maximum Gasteiger partial charge on any atom is 0.167 e. The monoisotopic (exact) mass is 231 g/mol. The Morgan fingerprint density at radius 2 is 2.13 bits per heavy atom. The van der Waals surface area contributed by atoms with E-state index in [0.717, 1.165) is 23.9 Å². The predicted molar refractivity (Wildman–Crippen MR) is 56.1 cm³/mol. The van der Waals surface area contributed by atoms with Gasteiger partial charge >= 0.3 is 0 Å². The van der Waals surface area contributed by atoms with Gasteiger partial charge in [-0.1, -0.05) is 0 Å². The first-order chi connectivity index (χ1) is 7.10. The molecule has 1 aromatic rings. The van der Waals surface area contributed by atoms with Gasteiger partial charge in [0.15, 0.2) is 5.78 Å². The smallest absolute Gasteiger partial charge is 0.167 e. The molecular weight excluding hydrogens is 220 g/mol. The summed E-state index contributed by atoms with van der Waals surface area (Å²) in [6.45, 7) is 0.128. The van der Waals surface area contributed by atoms with Crippen molar-refractivity contribution in [1.82, 2.24) is 0 Å². The number of hydrogen-bond donors (Lipinski definition) is 1. The average molecular weight is 231 g/mol. The van der Waals surface area contributed by atoms with Gasteiger partial charge in [0.25, 0.3) is 0 Å². The third-order valence-electron chi connectivity index (χ3n) is 1.90. The molecule has 5 heteroatoms. The van der Waals surface area contributed by atoms with Gasteiger partial charge in [-0.3, -0.25) is 4.79 Å². The van der Waals surface area contributed by atoms with E-state index in [9.17, 15) is 13.6 Å². The van der Waals surface area contributed by atoms with Crippen LogP contribution < -0.4 is 5.73 Å². The molecule has 0 spiro atoms. The van der Waals surface area contributed by atoms with Gasteiger partial charge in [-0.25, -0.2) is 8.78 Å². The molecule has 2 nitrogen and oxygen atoms in total. The van der Waals surface area contributed by atoms with Crippen molar-refractivity contribution < 1.29 is 13.6 Å². The third kappa shape index (κ3) is 2.76. The summed E-state index contributed by atoms with van der Waals surface area (Å²) < 4.78 is 26.6. The molecule has 0 saturated heterocycles. The van der Waals surface area contributed by atoms with Crippen molar-refractivity contribution in [3.05, 3.63) is 29.3 Å². The molecule has 0 aliphatic heterocycles. The highest BCUT2D eigenvalue weighted by Crippen LogP contribution is 2.24. The van der Waals surface area contributed by atoms with E-state index in [0.29, 0.717) is 0 Å². The summed E-state index contributed by atoms with van der Waals surface area (Å²) in [6, 6.07) is 1.98. The maximum atomic E-state index is 13.6. The number of benzene rings is 1. The molecule has 2 N–H and O–H groups in total. The second kappa shape index (κ2) is 5.23. The van der Waals surface area contributed by atoms with Crippen LogP contribution in [0.3, 0.4) is 0 Å². The van der Waals surface area contributed by atoms with E-state index < -0.39 is 17.4 Å². The zero-order valence-electron chi connectivity index (χ0n) is 8.22. The van der Waals surface area contributed by atoms with Crippen LogP contribution in [0, 0.1) is 11.6 Å². The largest absolute Gasteiger partial charge is 0.330 e. The van der Waals surface area contributed by atoms with Crippen LogP contribution in [0.5, 0.6) is 0 Å². The van der Waals surface area contributed by atoms with Crippen LogP contribution in [-0.2, 0) is 0 Å². The van der Waals surface area contributed by atoms with Gasteiger partial charge in [0, 0.05) is 11.3 Å². The number of nitrogens with two attached hydrogens (primary N) is 1. The molecule has 0 heterocycles. The van der Waals surface area contributed by atoms with Gasteiger partial charge in [-0.2, -0.15) is 0 Å². The average Bonchev–Trinajstić information content (AvgIpc) is 2.21. The molecule has 0 radical (unpaired) electrons. The highest BCUT2D eigenvalue weighted by molar-refractivity contribution is 7.98. The highest BCUT2D eigenvalue weighted by atomic mass is 32.2. The number of ketones is 1. The molecular formula is C10H11F2NOS. The number of hydrogen-bond acceptors (Lipinski definition) is 3. The summed E-state index contributed by atoms with van der Waals surface area (Å²) in [5.41, 5.74) is 4.97.